The molecule has 170 valence electrons. The van der Waals surface area contributed by atoms with Crippen molar-refractivity contribution >= 4 is 11.9 Å². The number of esters is 2. The lowest BCUT2D eigenvalue weighted by atomic mass is 10.1. The Hall–Kier alpha value is -2.12. The molecule has 0 heterocycles. The van der Waals surface area contributed by atoms with Gasteiger partial charge in [0.05, 0.1) is 6.61 Å². The van der Waals surface area contributed by atoms with Crippen LogP contribution in [0.3, 0.4) is 0 Å². The van der Waals surface area contributed by atoms with Gasteiger partial charge < -0.3 is 9.47 Å². The zero-order chi connectivity index (χ0) is 22.4. The fraction of sp³-hybridized carbons (Fsp3) is 0.636. The third-order valence-corrected chi connectivity index (χ3v) is 4.59. The predicted molar refractivity (Wildman–Crippen MR) is 103 cm³/mol. The van der Waals surface area contributed by atoms with Crippen molar-refractivity contribution in [1.82, 2.24) is 0 Å². The van der Waals surface area contributed by atoms with Gasteiger partial charge in [-0.15, -0.1) is 0 Å². The summed E-state index contributed by atoms with van der Waals surface area (Å²) in [6.07, 6.45) is 9.18. The Morgan fingerprint density at radius 2 is 1.30 bits per heavy atom. The second-order valence-corrected chi connectivity index (χ2v) is 7.17. The van der Waals surface area contributed by atoms with Crippen LogP contribution in [0, 0.1) is 23.3 Å². The van der Waals surface area contributed by atoms with Crippen LogP contribution in [0.1, 0.15) is 83.1 Å². The van der Waals surface area contributed by atoms with Gasteiger partial charge in [-0.3, -0.25) is 9.59 Å². The maximum Gasteiger partial charge on any atom is 0.306 e. The molecular formula is C22H30F4O4. The average molecular weight is 434 g/mol. The first-order chi connectivity index (χ1) is 14.4. The van der Waals surface area contributed by atoms with Gasteiger partial charge in [0.2, 0.25) is 0 Å². The molecular weight excluding hydrogens is 404 g/mol. The number of carbonyl (C=O) groups is 2. The summed E-state index contributed by atoms with van der Waals surface area (Å²) in [7, 11) is 0. The van der Waals surface area contributed by atoms with E-state index in [4.69, 9.17) is 9.47 Å². The van der Waals surface area contributed by atoms with Crippen molar-refractivity contribution in [2.45, 2.75) is 84.2 Å². The standard InChI is InChI=1S/C22H30F4O4/c1-2-3-4-5-6-7-8-9-13-29-18(27)11-10-12-19(28)30-15-16-14-17(23)21(25)22(26)20(16)24/h14H,2-13,15H2,1H3. The first kappa shape index (κ1) is 25.9. The summed E-state index contributed by atoms with van der Waals surface area (Å²) < 4.78 is 62.4. The smallest absolute Gasteiger partial charge is 0.306 e. The van der Waals surface area contributed by atoms with Gasteiger partial charge in [-0.1, -0.05) is 51.9 Å². The van der Waals surface area contributed by atoms with Crippen LogP contribution in [-0.2, 0) is 25.7 Å². The van der Waals surface area contributed by atoms with Gasteiger partial charge in [0, 0.05) is 18.4 Å². The molecule has 0 aliphatic carbocycles. The molecule has 1 rings (SSSR count). The highest BCUT2D eigenvalue weighted by Crippen LogP contribution is 2.19. The summed E-state index contributed by atoms with van der Waals surface area (Å²) in [6, 6.07) is 0.434. The minimum Gasteiger partial charge on any atom is -0.466 e. The van der Waals surface area contributed by atoms with E-state index in [9.17, 15) is 27.2 Å². The van der Waals surface area contributed by atoms with Crippen LogP contribution in [0.25, 0.3) is 0 Å². The lowest BCUT2D eigenvalue weighted by Gasteiger charge is -2.08. The molecule has 0 radical (unpaired) electrons. The molecule has 0 bridgehead atoms. The molecule has 0 N–H and O–H groups in total. The number of rotatable bonds is 15. The first-order valence-electron chi connectivity index (χ1n) is 10.5. The monoisotopic (exact) mass is 434 g/mol. The third-order valence-electron chi connectivity index (χ3n) is 4.59. The number of ether oxygens (including phenoxy) is 2. The molecule has 0 fully saturated rings. The molecule has 0 aromatic heterocycles. The van der Waals surface area contributed by atoms with Crippen LogP contribution in [0.2, 0.25) is 0 Å². The lowest BCUT2D eigenvalue weighted by Crippen LogP contribution is -2.10. The molecule has 0 atom stereocenters. The fourth-order valence-electron chi connectivity index (χ4n) is 2.83. The SMILES string of the molecule is CCCCCCCCCCOC(=O)CCCC(=O)OCc1cc(F)c(F)c(F)c1F. The second-order valence-electron chi connectivity index (χ2n) is 7.17. The Morgan fingerprint density at radius 3 is 1.93 bits per heavy atom. The van der Waals surface area contributed by atoms with E-state index in [1.165, 1.54) is 32.1 Å². The van der Waals surface area contributed by atoms with E-state index < -0.39 is 47.4 Å². The topological polar surface area (TPSA) is 52.6 Å². The Morgan fingerprint density at radius 1 is 0.733 bits per heavy atom. The van der Waals surface area contributed by atoms with Gasteiger partial charge in [-0.25, -0.2) is 17.6 Å². The minimum atomic E-state index is -1.96. The average Bonchev–Trinajstić information content (AvgIpc) is 2.72. The summed E-state index contributed by atoms with van der Waals surface area (Å²) in [5.74, 6) is -8.24. The van der Waals surface area contributed by atoms with Crippen molar-refractivity contribution in [3.63, 3.8) is 0 Å². The van der Waals surface area contributed by atoms with Gasteiger partial charge in [-0.05, 0) is 18.9 Å². The van der Waals surface area contributed by atoms with E-state index in [1.54, 1.807) is 0 Å². The van der Waals surface area contributed by atoms with Gasteiger partial charge in [-0.2, -0.15) is 0 Å². The molecule has 30 heavy (non-hydrogen) atoms. The van der Waals surface area contributed by atoms with Crippen LogP contribution in [0.5, 0.6) is 0 Å². The molecule has 0 amide bonds. The van der Waals surface area contributed by atoms with Gasteiger partial charge in [0.1, 0.15) is 6.61 Å². The molecule has 0 saturated heterocycles. The zero-order valence-electron chi connectivity index (χ0n) is 17.4. The highest BCUT2D eigenvalue weighted by Gasteiger charge is 2.19. The number of benzene rings is 1. The number of carbonyl (C=O) groups excluding carboxylic acids is 2. The molecule has 0 aliphatic rings. The quantitative estimate of drug-likeness (QED) is 0.109. The summed E-state index contributed by atoms with van der Waals surface area (Å²) in [5, 5.41) is 0. The first-order valence-corrected chi connectivity index (χ1v) is 10.5. The lowest BCUT2D eigenvalue weighted by molar-refractivity contribution is -0.146. The maximum absolute atomic E-state index is 13.5. The van der Waals surface area contributed by atoms with Gasteiger partial charge in [0.25, 0.3) is 0 Å². The molecule has 0 unspecified atom stereocenters. The molecule has 0 aliphatic heterocycles. The molecule has 1 aromatic rings. The maximum atomic E-state index is 13.5. The van der Waals surface area contributed by atoms with Crippen molar-refractivity contribution in [2.75, 3.05) is 6.61 Å². The molecule has 4 nitrogen and oxygen atoms in total. The molecule has 0 spiro atoms. The van der Waals surface area contributed by atoms with Crippen molar-refractivity contribution in [3.8, 4) is 0 Å². The Labute approximate surface area is 174 Å². The summed E-state index contributed by atoms with van der Waals surface area (Å²) in [4.78, 5) is 23.2. The van der Waals surface area contributed by atoms with E-state index in [2.05, 4.69) is 6.92 Å². The van der Waals surface area contributed by atoms with E-state index in [0.29, 0.717) is 12.7 Å². The van der Waals surface area contributed by atoms with E-state index in [-0.39, 0.29) is 19.3 Å². The van der Waals surface area contributed by atoms with Crippen LogP contribution < -0.4 is 0 Å². The van der Waals surface area contributed by atoms with Crippen molar-refractivity contribution in [2.24, 2.45) is 0 Å². The highest BCUT2D eigenvalue weighted by atomic mass is 19.2. The Bertz CT molecular complexity index is 680. The van der Waals surface area contributed by atoms with Crippen LogP contribution >= 0.6 is 0 Å². The zero-order valence-corrected chi connectivity index (χ0v) is 17.4. The van der Waals surface area contributed by atoms with Crippen molar-refractivity contribution in [1.29, 1.82) is 0 Å². The van der Waals surface area contributed by atoms with Crippen LogP contribution in [-0.4, -0.2) is 18.5 Å². The number of halogens is 4. The van der Waals surface area contributed by atoms with Crippen molar-refractivity contribution in [3.05, 3.63) is 34.9 Å². The van der Waals surface area contributed by atoms with Crippen molar-refractivity contribution < 1.29 is 36.6 Å². The minimum absolute atomic E-state index is 0.0281. The third kappa shape index (κ3) is 10.1. The molecule has 1 aromatic carbocycles. The number of unbranched alkanes of at least 4 members (excludes halogenated alkanes) is 7. The largest absolute Gasteiger partial charge is 0.466 e. The molecule has 0 saturated carbocycles. The Kier molecular flexibility index (Phi) is 12.8. The van der Waals surface area contributed by atoms with E-state index >= 15 is 0 Å². The van der Waals surface area contributed by atoms with Gasteiger partial charge in [0.15, 0.2) is 23.3 Å². The van der Waals surface area contributed by atoms with Crippen LogP contribution in [0.15, 0.2) is 6.07 Å². The number of hydrogen-bond acceptors (Lipinski definition) is 4. The molecule has 8 heteroatoms. The number of hydrogen-bond donors (Lipinski definition) is 0. The second kappa shape index (κ2) is 14.8. The highest BCUT2D eigenvalue weighted by molar-refractivity contribution is 5.72. The fourth-order valence-corrected chi connectivity index (χ4v) is 2.83. The van der Waals surface area contributed by atoms with Gasteiger partial charge >= 0.3 is 11.9 Å². The summed E-state index contributed by atoms with van der Waals surface area (Å²) in [6.45, 7) is 1.79. The predicted octanol–water partition coefficient (Wildman–Crippen LogP) is 6.14. The van der Waals surface area contributed by atoms with Crippen LogP contribution in [0.4, 0.5) is 17.6 Å². The van der Waals surface area contributed by atoms with E-state index in [1.807, 2.05) is 0 Å². The summed E-state index contributed by atoms with van der Waals surface area (Å²) >= 11 is 0. The Balaban J connectivity index is 2.11. The normalized spacial score (nSPS) is 10.8. The summed E-state index contributed by atoms with van der Waals surface area (Å²) in [5.41, 5.74) is -0.607. The van der Waals surface area contributed by atoms with E-state index in [0.717, 1.165) is 19.3 Å².